The summed E-state index contributed by atoms with van der Waals surface area (Å²) in [5, 5.41) is 2.68. The molecule has 114 valence electrons. The van der Waals surface area contributed by atoms with Crippen molar-refractivity contribution < 1.29 is 9.59 Å². The van der Waals surface area contributed by atoms with Gasteiger partial charge in [0.2, 0.25) is 5.91 Å². The number of amides is 2. The number of carbonyl (C=O) groups is 2. The minimum absolute atomic E-state index is 0.0344. The third-order valence-corrected chi connectivity index (χ3v) is 4.01. The van der Waals surface area contributed by atoms with Gasteiger partial charge in [0.1, 0.15) is 0 Å². The maximum absolute atomic E-state index is 12.5. The SMILES string of the molecule is CNC(=O)C1CCN(C(=O)c2cccc(N(C)C)c2)CC1. The number of anilines is 1. The summed E-state index contributed by atoms with van der Waals surface area (Å²) in [7, 11) is 5.57. The summed E-state index contributed by atoms with van der Waals surface area (Å²) < 4.78 is 0. The first-order valence-electron chi connectivity index (χ1n) is 7.31. The van der Waals surface area contributed by atoms with Gasteiger partial charge in [0.05, 0.1) is 0 Å². The van der Waals surface area contributed by atoms with Gasteiger partial charge in [-0.1, -0.05) is 6.07 Å². The highest BCUT2D eigenvalue weighted by molar-refractivity contribution is 5.95. The second-order valence-electron chi connectivity index (χ2n) is 5.63. The van der Waals surface area contributed by atoms with Crippen molar-refractivity contribution in [3.05, 3.63) is 29.8 Å². The van der Waals surface area contributed by atoms with Crippen LogP contribution in [0.25, 0.3) is 0 Å². The van der Waals surface area contributed by atoms with Gasteiger partial charge in [-0.3, -0.25) is 9.59 Å². The summed E-state index contributed by atoms with van der Waals surface area (Å²) in [6, 6.07) is 7.64. The molecule has 2 rings (SSSR count). The van der Waals surface area contributed by atoms with E-state index in [0.717, 1.165) is 18.5 Å². The lowest BCUT2D eigenvalue weighted by atomic mass is 9.95. The van der Waals surface area contributed by atoms with Gasteiger partial charge in [0.15, 0.2) is 0 Å². The number of carbonyl (C=O) groups excluding carboxylic acids is 2. The first-order valence-corrected chi connectivity index (χ1v) is 7.31. The van der Waals surface area contributed by atoms with Crippen LogP contribution in [0.15, 0.2) is 24.3 Å². The Balaban J connectivity index is 2.02. The maximum Gasteiger partial charge on any atom is 0.253 e. The second kappa shape index (κ2) is 6.61. The van der Waals surface area contributed by atoms with E-state index < -0.39 is 0 Å². The normalized spacial score (nSPS) is 15.7. The summed E-state index contributed by atoms with van der Waals surface area (Å²) in [5.74, 6) is 0.165. The Morgan fingerprint density at radius 2 is 1.90 bits per heavy atom. The van der Waals surface area contributed by atoms with Crippen LogP contribution in [0.2, 0.25) is 0 Å². The average molecular weight is 289 g/mol. The summed E-state index contributed by atoms with van der Waals surface area (Å²) in [4.78, 5) is 28.0. The van der Waals surface area contributed by atoms with Gasteiger partial charge in [0.25, 0.3) is 5.91 Å². The van der Waals surface area contributed by atoms with E-state index in [1.807, 2.05) is 48.2 Å². The highest BCUT2D eigenvalue weighted by atomic mass is 16.2. The predicted octanol–water partition coefficient (Wildman–Crippen LogP) is 1.35. The molecule has 0 aliphatic carbocycles. The molecule has 1 saturated heterocycles. The van der Waals surface area contributed by atoms with Gasteiger partial charge >= 0.3 is 0 Å². The highest BCUT2D eigenvalue weighted by Gasteiger charge is 2.27. The number of rotatable bonds is 3. The van der Waals surface area contributed by atoms with Crippen molar-refractivity contribution in [3.8, 4) is 0 Å². The molecule has 1 aromatic carbocycles. The van der Waals surface area contributed by atoms with Crippen molar-refractivity contribution in [1.29, 1.82) is 0 Å². The molecular weight excluding hydrogens is 266 g/mol. The molecule has 0 aromatic heterocycles. The molecule has 0 atom stereocenters. The Morgan fingerprint density at radius 3 is 2.48 bits per heavy atom. The van der Waals surface area contributed by atoms with Crippen LogP contribution < -0.4 is 10.2 Å². The van der Waals surface area contributed by atoms with Gasteiger partial charge < -0.3 is 15.1 Å². The molecule has 1 heterocycles. The number of hydrogen-bond donors (Lipinski definition) is 1. The van der Waals surface area contributed by atoms with E-state index in [1.165, 1.54) is 0 Å². The molecule has 0 spiro atoms. The highest BCUT2D eigenvalue weighted by Crippen LogP contribution is 2.21. The largest absolute Gasteiger partial charge is 0.378 e. The fourth-order valence-corrected chi connectivity index (χ4v) is 2.65. The number of likely N-dealkylation sites (tertiary alicyclic amines) is 1. The quantitative estimate of drug-likeness (QED) is 0.914. The molecule has 1 N–H and O–H groups in total. The van der Waals surface area contributed by atoms with Crippen LogP contribution in [-0.4, -0.2) is 50.9 Å². The number of piperidine rings is 1. The molecule has 0 unspecified atom stereocenters. The van der Waals surface area contributed by atoms with Gasteiger partial charge in [-0.15, -0.1) is 0 Å². The summed E-state index contributed by atoms with van der Waals surface area (Å²) >= 11 is 0. The zero-order valence-corrected chi connectivity index (χ0v) is 12.9. The van der Waals surface area contributed by atoms with E-state index in [4.69, 9.17) is 0 Å². The minimum atomic E-state index is 0.0344. The number of hydrogen-bond acceptors (Lipinski definition) is 3. The predicted molar refractivity (Wildman–Crippen MR) is 83.5 cm³/mol. The van der Waals surface area contributed by atoms with Crippen LogP contribution >= 0.6 is 0 Å². The van der Waals surface area contributed by atoms with Crippen molar-refractivity contribution in [2.75, 3.05) is 39.1 Å². The van der Waals surface area contributed by atoms with E-state index in [2.05, 4.69) is 5.32 Å². The van der Waals surface area contributed by atoms with Crippen LogP contribution in [0.5, 0.6) is 0 Å². The average Bonchev–Trinajstić information content (AvgIpc) is 2.53. The lowest BCUT2D eigenvalue weighted by Gasteiger charge is -2.31. The lowest BCUT2D eigenvalue weighted by molar-refractivity contribution is -0.125. The van der Waals surface area contributed by atoms with Crippen LogP contribution in [0.1, 0.15) is 23.2 Å². The van der Waals surface area contributed by atoms with Crippen molar-refractivity contribution in [2.45, 2.75) is 12.8 Å². The molecule has 1 aliphatic rings. The Kier molecular flexibility index (Phi) is 4.83. The lowest BCUT2D eigenvalue weighted by Crippen LogP contribution is -2.42. The zero-order chi connectivity index (χ0) is 15.4. The Morgan fingerprint density at radius 1 is 1.24 bits per heavy atom. The second-order valence-corrected chi connectivity index (χ2v) is 5.63. The Hall–Kier alpha value is -2.04. The third kappa shape index (κ3) is 3.54. The van der Waals surface area contributed by atoms with Crippen molar-refractivity contribution in [2.24, 2.45) is 5.92 Å². The fourth-order valence-electron chi connectivity index (χ4n) is 2.65. The Bertz CT molecular complexity index is 520. The fraction of sp³-hybridized carbons (Fsp3) is 0.500. The molecule has 5 heteroatoms. The number of nitrogens with zero attached hydrogens (tertiary/aromatic N) is 2. The van der Waals surface area contributed by atoms with Crippen LogP contribution in [-0.2, 0) is 4.79 Å². The van der Waals surface area contributed by atoms with E-state index >= 15 is 0 Å². The van der Waals surface area contributed by atoms with E-state index in [-0.39, 0.29) is 17.7 Å². The van der Waals surface area contributed by atoms with Crippen molar-refractivity contribution >= 4 is 17.5 Å². The smallest absolute Gasteiger partial charge is 0.253 e. The summed E-state index contributed by atoms with van der Waals surface area (Å²) in [6.07, 6.45) is 1.47. The van der Waals surface area contributed by atoms with Crippen LogP contribution in [0, 0.1) is 5.92 Å². The van der Waals surface area contributed by atoms with Gasteiger partial charge in [0, 0.05) is 51.4 Å². The van der Waals surface area contributed by atoms with E-state index in [0.29, 0.717) is 18.7 Å². The van der Waals surface area contributed by atoms with E-state index in [9.17, 15) is 9.59 Å². The first kappa shape index (κ1) is 15.4. The van der Waals surface area contributed by atoms with E-state index in [1.54, 1.807) is 7.05 Å². The van der Waals surface area contributed by atoms with Gasteiger partial charge in [-0.2, -0.15) is 0 Å². The monoisotopic (exact) mass is 289 g/mol. The van der Waals surface area contributed by atoms with Gasteiger partial charge in [-0.05, 0) is 31.0 Å². The van der Waals surface area contributed by atoms with Crippen molar-refractivity contribution in [3.63, 3.8) is 0 Å². The standard InChI is InChI=1S/C16H23N3O2/c1-17-15(20)12-7-9-19(10-8-12)16(21)13-5-4-6-14(11-13)18(2)3/h4-6,11-12H,7-10H2,1-3H3,(H,17,20). The molecule has 0 saturated carbocycles. The molecule has 1 aromatic rings. The molecule has 1 fully saturated rings. The van der Waals surface area contributed by atoms with Gasteiger partial charge in [-0.25, -0.2) is 0 Å². The summed E-state index contributed by atoms with van der Waals surface area (Å²) in [6.45, 7) is 1.28. The summed E-state index contributed by atoms with van der Waals surface area (Å²) in [5.41, 5.74) is 1.72. The topological polar surface area (TPSA) is 52.7 Å². The van der Waals surface area contributed by atoms with Crippen molar-refractivity contribution in [1.82, 2.24) is 10.2 Å². The number of benzene rings is 1. The number of nitrogens with one attached hydrogen (secondary N) is 1. The molecule has 0 radical (unpaired) electrons. The molecule has 0 bridgehead atoms. The molecule has 2 amide bonds. The zero-order valence-electron chi connectivity index (χ0n) is 12.9. The molecule has 5 nitrogen and oxygen atoms in total. The van der Waals surface area contributed by atoms with Crippen LogP contribution in [0.3, 0.4) is 0 Å². The molecular formula is C16H23N3O2. The molecule has 1 aliphatic heterocycles. The Labute approximate surface area is 125 Å². The minimum Gasteiger partial charge on any atom is -0.378 e. The molecule has 21 heavy (non-hydrogen) atoms. The first-order chi connectivity index (χ1) is 10.0. The van der Waals surface area contributed by atoms with Crippen LogP contribution in [0.4, 0.5) is 5.69 Å². The maximum atomic E-state index is 12.5. The third-order valence-electron chi connectivity index (χ3n) is 4.01.